The molecule has 0 bridgehead atoms. The van der Waals surface area contributed by atoms with E-state index in [4.69, 9.17) is 4.74 Å². The van der Waals surface area contributed by atoms with Gasteiger partial charge in [-0.1, -0.05) is 42.3 Å². The summed E-state index contributed by atoms with van der Waals surface area (Å²) >= 11 is 1.48. The SMILES string of the molecule is Cc1ccc(C(=O)Nc2sc3c(c2C(=O)NCCOC(=O)c2ccc(C)cc2)CC[C@@H](C)C3)cc1. The van der Waals surface area contributed by atoms with E-state index in [0.717, 1.165) is 40.8 Å². The molecule has 2 amide bonds. The van der Waals surface area contributed by atoms with Crippen LogP contribution in [0, 0.1) is 19.8 Å². The van der Waals surface area contributed by atoms with E-state index in [-0.39, 0.29) is 25.0 Å². The summed E-state index contributed by atoms with van der Waals surface area (Å²) in [5.74, 6) is -0.383. The van der Waals surface area contributed by atoms with Gasteiger partial charge in [0.1, 0.15) is 11.6 Å². The Bertz CT molecular complexity index is 1230. The van der Waals surface area contributed by atoms with Gasteiger partial charge < -0.3 is 15.4 Å². The molecule has 35 heavy (non-hydrogen) atoms. The van der Waals surface area contributed by atoms with E-state index >= 15 is 0 Å². The standard InChI is InChI=1S/C28H30N2O4S/c1-17-4-9-20(10-5-17)25(31)30-27-24(22-13-8-19(3)16-23(22)35-27)26(32)29-14-15-34-28(33)21-11-6-18(2)7-12-21/h4-7,9-12,19H,8,13-16H2,1-3H3,(H,29,32)(H,30,31)/t19-/m1/s1. The fraction of sp³-hybridized carbons (Fsp3) is 0.321. The number of hydrogen-bond donors (Lipinski definition) is 2. The van der Waals surface area contributed by atoms with Gasteiger partial charge in [-0.25, -0.2) is 4.79 Å². The predicted molar refractivity (Wildman–Crippen MR) is 138 cm³/mol. The number of amides is 2. The Morgan fingerprint density at radius 2 is 1.57 bits per heavy atom. The van der Waals surface area contributed by atoms with Gasteiger partial charge in [-0.2, -0.15) is 0 Å². The highest BCUT2D eigenvalue weighted by Gasteiger charge is 2.28. The molecule has 0 saturated carbocycles. The second kappa shape index (κ2) is 10.9. The van der Waals surface area contributed by atoms with Crippen LogP contribution in [-0.4, -0.2) is 30.9 Å². The molecule has 1 aromatic heterocycles. The van der Waals surface area contributed by atoms with Crippen molar-refractivity contribution in [3.05, 3.63) is 86.8 Å². The number of benzene rings is 2. The molecule has 3 aromatic rings. The lowest BCUT2D eigenvalue weighted by Crippen LogP contribution is -2.29. The normalized spacial score (nSPS) is 14.7. The highest BCUT2D eigenvalue weighted by Crippen LogP contribution is 2.39. The summed E-state index contributed by atoms with van der Waals surface area (Å²) in [5.41, 5.74) is 4.70. The first kappa shape index (κ1) is 24.7. The van der Waals surface area contributed by atoms with E-state index in [2.05, 4.69) is 17.6 Å². The van der Waals surface area contributed by atoms with Crippen LogP contribution in [0.25, 0.3) is 0 Å². The Kier molecular flexibility index (Phi) is 7.66. The van der Waals surface area contributed by atoms with E-state index < -0.39 is 5.97 Å². The molecule has 0 aliphatic heterocycles. The van der Waals surface area contributed by atoms with Crippen molar-refractivity contribution in [1.82, 2.24) is 5.32 Å². The zero-order valence-electron chi connectivity index (χ0n) is 20.3. The van der Waals surface area contributed by atoms with Gasteiger partial charge in [-0.15, -0.1) is 11.3 Å². The van der Waals surface area contributed by atoms with Crippen molar-refractivity contribution in [3.8, 4) is 0 Å². The molecule has 2 N–H and O–H groups in total. The first-order valence-corrected chi connectivity index (χ1v) is 12.7. The number of nitrogens with one attached hydrogen (secondary N) is 2. The van der Waals surface area contributed by atoms with Crippen LogP contribution in [0.4, 0.5) is 5.00 Å². The van der Waals surface area contributed by atoms with Gasteiger partial charge in [0.15, 0.2) is 0 Å². The van der Waals surface area contributed by atoms with Gasteiger partial charge in [0.05, 0.1) is 17.7 Å². The van der Waals surface area contributed by atoms with Crippen LogP contribution in [0.15, 0.2) is 48.5 Å². The van der Waals surface area contributed by atoms with Crippen LogP contribution < -0.4 is 10.6 Å². The molecule has 0 unspecified atom stereocenters. The average Bonchev–Trinajstić information content (AvgIpc) is 3.19. The Hall–Kier alpha value is -3.45. The molecule has 1 aliphatic carbocycles. The molecular formula is C28H30N2O4S. The minimum Gasteiger partial charge on any atom is -0.460 e. The summed E-state index contributed by atoms with van der Waals surface area (Å²) in [4.78, 5) is 39.4. The van der Waals surface area contributed by atoms with Crippen molar-refractivity contribution in [3.63, 3.8) is 0 Å². The molecule has 0 saturated heterocycles. The van der Waals surface area contributed by atoms with Gasteiger partial charge in [0, 0.05) is 10.4 Å². The second-order valence-corrected chi connectivity index (χ2v) is 10.2. The molecule has 7 heteroatoms. The van der Waals surface area contributed by atoms with E-state index in [9.17, 15) is 14.4 Å². The quantitative estimate of drug-likeness (QED) is 0.346. The lowest BCUT2D eigenvalue weighted by Gasteiger charge is -2.18. The van der Waals surface area contributed by atoms with Crippen molar-refractivity contribution in [2.75, 3.05) is 18.5 Å². The monoisotopic (exact) mass is 490 g/mol. The Balaban J connectivity index is 1.43. The highest BCUT2D eigenvalue weighted by molar-refractivity contribution is 7.17. The maximum Gasteiger partial charge on any atom is 0.338 e. The van der Waals surface area contributed by atoms with Gasteiger partial charge >= 0.3 is 5.97 Å². The lowest BCUT2D eigenvalue weighted by atomic mass is 9.88. The Morgan fingerprint density at radius 1 is 0.943 bits per heavy atom. The average molecular weight is 491 g/mol. The van der Waals surface area contributed by atoms with Gasteiger partial charge in [-0.05, 0) is 68.9 Å². The minimum absolute atomic E-state index is 0.0624. The third-order valence-electron chi connectivity index (χ3n) is 6.19. The number of carbonyl (C=O) groups is 3. The highest BCUT2D eigenvalue weighted by atomic mass is 32.1. The van der Waals surface area contributed by atoms with Gasteiger partial charge in [0.2, 0.25) is 0 Å². The summed E-state index contributed by atoms with van der Waals surface area (Å²) in [5, 5.41) is 6.40. The van der Waals surface area contributed by atoms with Crippen molar-refractivity contribution in [1.29, 1.82) is 0 Å². The third-order valence-corrected chi connectivity index (χ3v) is 7.36. The van der Waals surface area contributed by atoms with Crippen molar-refractivity contribution in [2.45, 2.75) is 40.0 Å². The van der Waals surface area contributed by atoms with Crippen molar-refractivity contribution < 1.29 is 19.1 Å². The summed E-state index contributed by atoms with van der Waals surface area (Å²) < 4.78 is 5.30. The smallest absolute Gasteiger partial charge is 0.338 e. The van der Waals surface area contributed by atoms with Crippen LogP contribution in [0.1, 0.15) is 66.0 Å². The Labute approximate surface area is 209 Å². The summed E-state index contributed by atoms with van der Waals surface area (Å²) in [6, 6.07) is 14.5. The molecule has 0 radical (unpaired) electrons. The first-order valence-electron chi connectivity index (χ1n) is 11.9. The maximum absolute atomic E-state index is 13.2. The number of esters is 1. The van der Waals surface area contributed by atoms with Gasteiger partial charge in [0.25, 0.3) is 11.8 Å². The summed E-state index contributed by atoms with van der Waals surface area (Å²) in [6.45, 7) is 6.37. The molecule has 1 atom stereocenters. The number of carbonyl (C=O) groups excluding carboxylic acids is 3. The number of thiophene rings is 1. The van der Waals surface area contributed by atoms with E-state index in [0.29, 0.717) is 27.6 Å². The predicted octanol–water partition coefficient (Wildman–Crippen LogP) is 5.33. The van der Waals surface area contributed by atoms with E-state index in [1.54, 1.807) is 24.3 Å². The molecule has 182 valence electrons. The number of aryl methyl sites for hydroxylation is 2. The van der Waals surface area contributed by atoms with Crippen LogP contribution in [-0.2, 0) is 17.6 Å². The van der Waals surface area contributed by atoms with Gasteiger partial charge in [-0.3, -0.25) is 9.59 Å². The fourth-order valence-electron chi connectivity index (χ4n) is 4.13. The lowest BCUT2D eigenvalue weighted by molar-refractivity contribution is 0.0503. The minimum atomic E-state index is -0.424. The number of rotatable bonds is 7. The zero-order chi connectivity index (χ0) is 24.9. The number of anilines is 1. The molecule has 4 rings (SSSR count). The van der Waals surface area contributed by atoms with E-state index in [1.165, 1.54) is 11.3 Å². The van der Waals surface area contributed by atoms with E-state index in [1.807, 2.05) is 38.1 Å². The first-order chi connectivity index (χ1) is 16.8. The topological polar surface area (TPSA) is 84.5 Å². The summed E-state index contributed by atoms with van der Waals surface area (Å²) in [7, 11) is 0. The van der Waals surface area contributed by atoms with Crippen LogP contribution >= 0.6 is 11.3 Å². The fourth-order valence-corrected chi connectivity index (χ4v) is 5.53. The molecule has 1 aliphatic rings. The largest absolute Gasteiger partial charge is 0.460 e. The van der Waals surface area contributed by atoms with Crippen LogP contribution in [0.3, 0.4) is 0 Å². The van der Waals surface area contributed by atoms with Crippen molar-refractivity contribution >= 4 is 34.1 Å². The molecule has 0 spiro atoms. The molecule has 0 fully saturated rings. The van der Waals surface area contributed by atoms with Crippen molar-refractivity contribution in [2.24, 2.45) is 5.92 Å². The molecule has 1 heterocycles. The Morgan fingerprint density at radius 3 is 2.23 bits per heavy atom. The zero-order valence-corrected chi connectivity index (χ0v) is 21.1. The van der Waals surface area contributed by atoms with Crippen LogP contribution in [0.2, 0.25) is 0 Å². The second-order valence-electron chi connectivity index (χ2n) is 9.13. The number of hydrogen-bond acceptors (Lipinski definition) is 5. The maximum atomic E-state index is 13.2. The number of fused-ring (bicyclic) bond motifs is 1. The molecule has 2 aromatic carbocycles. The molecule has 6 nitrogen and oxygen atoms in total. The van der Waals surface area contributed by atoms with Crippen LogP contribution in [0.5, 0.6) is 0 Å². The summed E-state index contributed by atoms with van der Waals surface area (Å²) in [6.07, 6.45) is 2.71. The third kappa shape index (κ3) is 5.98. The molecular weight excluding hydrogens is 460 g/mol. The number of ether oxygens (including phenoxy) is 1.